The van der Waals surface area contributed by atoms with Gasteiger partial charge in [-0.1, -0.05) is 91.0 Å². The maximum atomic E-state index is 13.1. The van der Waals surface area contributed by atoms with Gasteiger partial charge in [-0.25, -0.2) is 0 Å². The van der Waals surface area contributed by atoms with Crippen LogP contribution in [0.25, 0.3) is 0 Å². The lowest BCUT2D eigenvalue weighted by Crippen LogP contribution is -2.44. The van der Waals surface area contributed by atoms with E-state index in [4.69, 9.17) is 9.47 Å². The van der Waals surface area contributed by atoms with Crippen molar-refractivity contribution in [1.82, 2.24) is 0 Å². The first-order valence-electron chi connectivity index (χ1n) is 9.45. The van der Waals surface area contributed by atoms with Crippen molar-refractivity contribution in [3.63, 3.8) is 0 Å². The third-order valence-corrected chi connectivity index (χ3v) is 5.29. The Morgan fingerprint density at radius 2 is 1.07 bits per heavy atom. The number of carbonyl (C=O) groups excluding carboxylic acids is 2. The highest BCUT2D eigenvalue weighted by atomic mass is 16.5. The van der Waals surface area contributed by atoms with Crippen molar-refractivity contribution >= 4 is 11.9 Å². The lowest BCUT2D eigenvalue weighted by atomic mass is 9.61. The van der Waals surface area contributed by atoms with Crippen molar-refractivity contribution < 1.29 is 19.1 Å². The molecule has 0 saturated carbocycles. The Morgan fingerprint density at radius 1 is 0.690 bits per heavy atom. The minimum absolute atomic E-state index is 0.109. The summed E-state index contributed by atoms with van der Waals surface area (Å²) in [4.78, 5) is 25.5. The van der Waals surface area contributed by atoms with Gasteiger partial charge in [0.15, 0.2) is 0 Å². The Hall–Kier alpha value is -3.40. The fraction of sp³-hybridized carbons (Fsp3) is 0.200. The summed E-state index contributed by atoms with van der Waals surface area (Å²) >= 11 is 0. The van der Waals surface area contributed by atoms with E-state index in [9.17, 15) is 9.59 Å². The second-order valence-corrected chi connectivity index (χ2v) is 6.76. The largest absolute Gasteiger partial charge is 0.469 e. The van der Waals surface area contributed by atoms with Crippen LogP contribution in [0, 0.1) is 5.92 Å². The molecule has 4 nitrogen and oxygen atoms in total. The summed E-state index contributed by atoms with van der Waals surface area (Å²) in [6.45, 7) is 0. The summed E-state index contributed by atoms with van der Waals surface area (Å²) in [6.07, 6.45) is -0.109. The van der Waals surface area contributed by atoms with Crippen LogP contribution in [-0.4, -0.2) is 26.2 Å². The molecular formula is C25H24O4. The molecule has 0 aliphatic carbocycles. The monoisotopic (exact) mass is 388 g/mol. The summed E-state index contributed by atoms with van der Waals surface area (Å²) in [6, 6.07) is 29.3. The fourth-order valence-corrected chi connectivity index (χ4v) is 4.01. The number of esters is 2. The highest BCUT2D eigenvalue weighted by molar-refractivity contribution is 5.83. The molecule has 3 rings (SSSR count). The number of rotatable bonds is 7. The fourth-order valence-electron chi connectivity index (χ4n) is 4.01. The minimum atomic E-state index is -0.926. The van der Waals surface area contributed by atoms with E-state index in [1.54, 1.807) is 0 Å². The van der Waals surface area contributed by atoms with E-state index in [-0.39, 0.29) is 6.42 Å². The van der Waals surface area contributed by atoms with Crippen LogP contribution >= 0.6 is 0 Å². The Bertz CT molecular complexity index is 840. The zero-order chi connectivity index (χ0) is 20.7. The molecule has 148 valence electrons. The van der Waals surface area contributed by atoms with Gasteiger partial charge in [-0.2, -0.15) is 0 Å². The van der Waals surface area contributed by atoms with E-state index in [2.05, 4.69) is 0 Å². The standard InChI is InChI=1S/C25H24O4/c1-28-23(26)18-22(24(27)29-2)25(19-12-6-3-7-13-19,20-14-8-4-9-15-20)21-16-10-5-11-17-21/h3-17,22H,18H2,1-2H3. The quantitative estimate of drug-likeness (QED) is 0.445. The van der Waals surface area contributed by atoms with Gasteiger partial charge in [-0.15, -0.1) is 0 Å². The lowest BCUT2D eigenvalue weighted by molar-refractivity contribution is -0.153. The van der Waals surface area contributed by atoms with Crippen LogP contribution in [0.3, 0.4) is 0 Å². The second kappa shape index (κ2) is 9.20. The van der Waals surface area contributed by atoms with E-state index in [1.165, 1.54) is 14.2 Å². The van der Waals surface area contributed by atoms with E-state index in [1.807, 2.05) is 91.0 Å². The molecule has 0 heterocycles. The normalized spacial score (nSPS) is 12.1. The molecule has 4 heteroatoms. The first-order chi connectivity index (χ1) is 14.1. The van der Waals surface area contributed by atoms with Crippen LogP contribution in [0.2, 0.25) is 0 Å². The summed E-state index contributed by atoms with van der Waals surface area (Å²) < 4.78 is 10.1. The van der Waals surface area contributed by atoms with Crippen LogP contribution in [-0.2, 0) is 24.5 Å². The van der Waals surface area contributed by atoms with Crippen molar-refractivity contribution in [3.8, 4) is 0 Å². The molecule has 0 aromatic heterocycles. The molecule has 0 aliphatic rings. The molecule has 3 aromatic carbocycles. The first kappa shape index (κ1) is 20.3. The first-order valence-corrected chi connectivity index (χ1v) is 9.45. The molecular weight excluding hydrogens is 364 g/mol. The molecule has 0 N–H and O–H groups in total. The number of methoxy groups -OCH3 is 2. The number of carbonyl (C=O) groups is 2. The maximum absolute atomic E-state index is 13.1. The molecule has 0 spiro atoms. The molecule has 0 bridgehead atoms. The highest BCUT2D eigenvalue weighted by Crippen LogP contribution is 2.47. The lowest BCUT2D eigenvalue weighted by Gasteiger charge is -2.41. The van der Waals surface area contributed by atoms with Gasteiger partial charge < -0.3 is 9.47 Å². The highest BCUT2D eigenvalue weighted by Gasteiger charge is 2.49. The van der Waals surface area contributed by atoms with Gasteiger partial charge in [0.25, 0.3) is 0 Å². The van der Waals surface area contributed by atoms with Gasteiger partial charge in [-0.3, -0.25) is 9.59 Å². The molecule has 29 heavy (non-hydrogen) atoms. The van der Waals surface area contributed by atoms with Gasteiger partial charge in [0, 0.05) is 0 Å². The van der Waals surface area contributed by atoms with Gasteiger partial charge in [0.05, 0.1) is 32.0 Å². The van der Waals surface area contributed by atoms with Crippen molar-refractivity contribution in [2.75, 3.05) is 14.2 Å². The molecule has 0 saturated heterocycles. The third kappa shape index (κ3) is 3.92. The predicted molar refractivity (Wildman–Crippen MR) is 111 cm³/mol. The van der Waals surface area contributed by atoms with Gasteiger partial charge in [-0.05, 0) is 16.7 Å². The number of benzene rings is 3. The number of hydrogen-bond donors (Lipinski definition) is 0. The zero-order valence-corrected chi connectivity index (χ0v) is 16.6. The van der Waals surface area contributed by atoms with E-state index < -0.39 is 23.3 Å². The van der Waals surface area contributed by atoms with Gasteiger partial charge in [0.2, 0.25) is 0 Å². The minimum Gasteiger partial charge on any atom is -0.469 e. The Balaban J connectivity index is 2.40. The smallest absolute Gasteiger partial charge is 0.310 e. The van der Waals surface area contributed by atoms with Crippen molar-refractivity contribution in [2.24, 2.45) is 5.92 Å². The molecule has 3 aromatic rings. The Kier molecular flexibility index (Phi) is 6.45. The SMILES string of the molecule is COC(=O)CC(C(=O)OC)C(c1ccccc1)(c1ccccc1)c1ccccc1. The zero-order valence-electron chi connectivity index (χ0n) is 16.6. The van der Waals surface area contributed by atoms with Crippen LogP contribution in [0.5, 0.6) is 0 Å². The van der Waals surface area contributed by atoms with Crippen LogP contribution in [0.1, 0.15) is 23.1 Å². The topological polar surface area (TPSA) is 52.6 Å². The van der Waals surface area contributed by atoms with Crippen molar-refractivity contribution in [3.05, 3.63) is 108 Å². The summed E-state index contributed by atoms with van der Waals surface area (Å²) in [5.74, 6) is -1.74. The average molecular weight is 388 g/mol. The Labute approximate surface area is 171 Å². The van der Waals surface area contributed by atoms with Crippen molar-refractivity contribution in [1.29, 1.82) is 0 Å². The average Bonchev–Trinajstić information content (AvgIpc) is 2.80. The predicted octanol–water partition coefficient (Wildman–Crippen LogP) is 4.37. The van der Waals surface area contributed by atoms with E-state index in [0.717, 1.165) is 16.7 Å². The van der Waals surface area contributed by atoms with Gasteiger partial charge in [0.1, 0.15) is 0 Å². The van der Waals surface area contributed by atoms with Crippen LogP contribution in [0.4, 0.5) is 0 Å². The molecule has 0 aliphatic heterocycles. The Morgan fingerprint density at radius 3 is 1.38 bits per heavy atom. The van der Waals surface area contributed by atoms with Crippen LogP contribution in [0.15, 0.2) is 91.0 Å². The summed E-state index contributed by atoms with van der Waals surface area (Å²) in [7, 11) is 2.67. The van der Waals surface area contributed by atoms with Crippen LogP contribution < -0.4 is 0 Å². The second-order valence-electron chi connectivity index (χ2n) is 6.76. The van der Waals surface area contributed by atoms with Crippen molar-refractivity contribution in [2.45, 2.75) is 11.8 Å². The summed E-state index contributed by atoms with van der Waals surface area (Å²) in [5, 5.41) is 0. The van der Waals surface area contributed by atoms with Gasteiger partial charge >= 0.3 is 11.9 Å². The molecule has 1 atom stereocenters. The molecule has 0 radical (unpaired) electrons. The number of hydrogen-bond acceptors (Lipinski definition) is 4. The van der Waals surface area contributed by atoms with E-state index >= 15 is 0 Å². The summed E-state index contributed by atoms with van der Waals surface area (Å²) in [5.41, 5.74) is 1.77. The third-order valence-electron chi connectivity index (χ3n) is 5.29. The molecule has 1 unspecified atom stereocenters. The van der Waals surface area contributed by atoms with E-state index in [0.29, 0.717) is 0 Å². The number of ether oxygens (including phenoxy) is 2. The maximum Gasteiger partial charge on any atom is 0.310 e. The molecule has 0 amide bonds. The molecule has 0 fully saturated rings.